The Morgan fingerprint density at radius 3 is 2.51 bits per heavy atom. The zero-order chi connectivity index (χ0) is 25.6. The number of nitrogens with one attached hydrogen (secondary N) is 1. The van der Waals surface area contributed by atoms with Crippen molar-refractivity contribution in [3.63, 3.8) is 0 Å². The van der Waals surface area contributed by atoms with E-state index in [0.29, 0.717) is 29.1 Å². The SMILES string of the molecule is CNC(=O)C12CC1C(n1cnc3c(C=Cc4ccccc4)nc(C#Cc4ccccc4)nc31)C(O)C2O. The van der Waals surface area contributed by atoms with Gasteiger partial charge in [0.2, 0.25) is 11.7 Å². The highest BCUT2D eigenvalue weighted by Gasteiger charge is 2.75. The molecule has 4 aromatic rings. The van der Waals surface area contributed by atoms with Gasteiger partial charge in [-0.15, -0.1) is 0 Å². The van der Waals surface area contributed by atoms with Gasteiger partial charge in [0.05, 0.1) is 29.6 Å². The quantitative estimate of drug-likeness (QED) is 0.378. The summed E-state index contributed by atoms with van der Waals surface area (Å²) in [5.74, 6) is 5.98. The Morgan fingerprint density at radius 2 is 1.78 bits per heavy atom. The number of aliphatic hydroxyl groups excluding tert-OH is 2. The first-order chi connectivity index (χ1) is 18.0. The predicted octanol–water partition coefficient (Wildman–Crippen LogP) is 2.43. The number of imidazole rings is 1. The van der Waals surface area contributed by atoms with E-state index in [1.165, 1.54) is 0 Å². The number of hydrogen-bond donors (Lipinski definition) is 3. The van der Waals surface area contributed by atoms with Gasteiger partial charge in [0.25, 0.3) is 0 Å². The molecule has 3 N–H and O–H groups in total. The molecular formula is C29H25N5O3. The molecule has 8 heteroatoms. The van der Waals surface area contributed by atoms with Gasteiger partial charge in [-0.25, -0.2) is 15.0 Å². The molecule has 0 aliphatic heterocycles. The van der Waals surface area contributed by atoms with E-state index in [1.807, 2.05) is 72.8 Å². The molecule has 2 aliphatic rings. The van der Waals surface area contributed by atoms with Crippen molar-refractivity contribution in [3.05, 3.63) is 89.6 Å². The van der Waals surface area contributed by atoms with Crippen LogP contribution in [0.15, 0.2) is 67.0 Å². The molecule has 2 heterocycles. The molecule has 2 aromatic carbocycles. The third-order valence-electron chi connectivity index (χ3n) is 7.42. The van der Waals surface area contributed by atoms with Crippen molar-refractivity contribution < 1.29 is 15.0 Å². The fourth-order valence-corrected chi connectivity index (χ4v) is 5.50. The summed E-state index contributed by atoms with van der Waals surface area (Å²) in [4.78, 5) is 26.5. The van der Waals surface area contributed by atoms with Gasteiger partial charge in [-0.05, 0) is 36.1 Å². The summed E-state index contributed by atoms with van der Waals surface area (Å²) in [6, 6.07) is 18.9. The molecule has 0 spiro atoms. The predicted molar refractivity (Wildman–Crippen MR) is 139 cm³/mol. The van der Waals surface area contributed by atoms with Gasteiger partial charge < -0.3 is 20.1 Å². The molecule has 5 atom stereocenters. The van der Waals surface area contributed by atoms with Crippen LogP contribution in [0.3, 0.4) is 0 Å². The van der Waals surface area contributed by atoms with E-state index >= 15 is 0 Å². The smallest absolute Gasteiger partial charge is 0.229 e. The standard InChI is InChI=1S/C29H25N5O3/c1-30-28(37)29-16-20(29)24(25(35)26(29)36)34-17-31-23-21(14-12-18-8-4-2-5-9-18)32-22(33-27(23)34)15-13-19-10-6-3-7-11-19/h2-12,14,17,20,24-26,35-36H,16H2,1H3,(H,30,37). The maximum absolute atomic E-state index is 12.6. The van der Waals surface area contributed by atoms with Crippen LogP contribution < -0.4 is 5.32 Å². The Balaban J connectivity index is 1.46. The number of benzene rings is 2. The number of amides is 1. The van der Waals surface area contributed by atoms with Crippen LogP contribution in [-0.4, -0.2) is 54.9 Å². The molecule has 5 unspecified atom stereocenters. The molecule has 1 amide bonds. The van der Waals surface area contributed by atoms with Crippen LogP contribution in [0, 0.1) is 23.2 Å². The molecule has 0 bridgehead atoms. The van der Waals surface area contributed by atoms with Crippen molar-refractivity contribution in [1.29, 1.82) is 0 Å². The summed E-state index contributed by atoms with van der Waals surface area (Å²) >= 11 is 0. The van der Waals surface area contributed by atoms with Crippen LogP contribution in [0.4, 0.5) is 0 Å². The van der Waals surface area contributed by atoms with Crippen molar-refractivity contribution in [2.24, 2.45) is 11.3 Å². The minimum atomic E-state index is -1.17. The largest absolute Gasteiger partial charge is 0.389 e. The number of rotatable bonds is 4. The van der Waals surface area contributed by atoms with Gasteiger partial charge in [-0.3, -0.25) is 4.79 Å². The minimum absolute atomic E-state index is 0.230. The number of fused-ring (bicyclic) bond motifs is 2. The Kier molecular flexibility index (Phi) is 5.60. The van der Waals surface area contributed by atoms with Crippen LogP contribution >= 0.6 is 0 Å². The highest BCUT2D eigenvalue weighted by Crippen LogP contribution is 2.67. The first-order valence-corrected chi connectivity index (χ1v) is 12.2. The lowest BCUT2D eigenvalue weighted by atomic mass is 9.98. The summed E-state index contributed by atoms with van der Waals surface area (Å²) in [6.07, 6.45) is 3.60. The van der Waals surface area contributed by atoms with E-state index in [-0.39, 0.29) is 11.8 Å². The normalized spacial score (nSPS) is 26.0. The molecule has 0 saturated heterocycles. The fourth-order valence-electron chi connectivity index (χ4n) is 5.50. The first kappa shape index (κ1) is 23.1. The maximum Gasteiger partial charge on any atom is 0.229 e. The Hall–Kier alpha value is -4.32. The molecule has 6 rings (SSSR count). The number of carbonyl (C=O) groups is 1. The van der Waals surface area contributed by atoms with Crippen molar-refractivity contribution in [2.75, 3.05) is 7.05 Å². The summed E-state index contributed by atoms with van der Waals surface area (Å²) < 4.78 is 1.76. The third kappa shape index (κ3) is 3.80. The van der Waals surface area contributed by atoms with Crippen molar-refractivity contribution in [1.82, 2.24) is 24.8 Å². The summed E-state index contributed by atoms with van der Waals surface area (Å²) in [5.41, 5.74) is 2.49. The molecular weight excluding hydrogens is 466 g/mol. The molecule has 2 aliphatic carbocycles. The second kappa shape index (κ2) is 8.96. The minimum Gasteiger partial charge on any atom is -0.389 e. The van der Waals surface area contributed by atoms with Crippen LogP contribution in [0.1, 0.15) is 35.1 Å². The monoisotopic (exact) mass is 491 g/mol. The number of carbonyl (C=O) groups excluding carboxylic acids is 1. The molecule has 37 heavy (non-hydrogen) atoms. The Labute approximate surface area is 213 Å². The fraction of sp³-hybridized carbons (Fsp3) is 0.241. The molecule has 2 fully saturated rings. The van der Waals surface area contributed by atoms with Gasteiger partial charge in [-0.2, -0.15) is 0 Å². The second-order valence-electron chi connectivity index (χ2n) is 9.47. The lowest BCUT2D eigenvalue weighted by Crippen LogP contribution is -2.41. The maximum atomic E-state index is 12.6. The van der Waals surface area contributed by atoms with Crippen molar-refractivity contribution in [2.45, 2.75) is 24.7 Å². The van der Waals surface area contributed by atoms with E-state index < -0.39 is 23.7 Å². The van der Waals surface area contributed by atoms with Gasteiger partial charge in [0.15, 0.2) is 5.65 Å². The van der Waals surface area contributed by atoms with E-state index in [4.69, 9.17) is 4.98 Å². The van der Waals surface area contributed by atoms with Crippen molar-refractivity contribution >= 4 is 29.2 Å². The number of aliphatic hydroxyl groups is 2. The number of nitrogens with zero attached hydrogens (tertiary/aromatic N) is 4. The lowest BCUT2D eigenvalue weighted by Gasteiger charge is -2.23. The van der Waals surface area contributed by atoms with Gasteiger partial charge >= 0.3 is 0 Å². The summed E-state index contributed by atoms with van der Waals surface area (Å²) in [5, 5.41) is 24.4. The van der Waals surface area contributed by atoms with Crippen molar-refractivity contribution in [3.8, 4) is 11.8 Å². The molecule has 2 saturated carbocycles. The second-order valence-corrected chi connectivity index (χ2v) is 9.47. The zero-order valence-corrected chi connectivity index (χ0v) is 20.1. The summed E-state index contributed by atoms with van der Waals surface area (Å²) in [6.45, 7) is 0. The molecule has 2 aromatic heterocycles. The van der Waals surface area contributed by atoms with E-state index in [2.05, 4.69) is 27.1 Å². The van der Waals surface area contributed by atoms with Crippen LogP contribution in [0.5, 0.6) is 0 Å². The van der Waals surface area contributed by atoms with Crippen LogP contribution in [0.25, 0.3) is 23.3 Å². The van der Waals surface area contributed by atoms with Crippen LogP contribution in [-0.2, 0) is 4.79 Å². The van der Waals surface area contributed by atoms with Gasteiger partial charge in [0, 0.05) is 18.5 Å². The Morgan fingerprint density at radius 1 is 1.05 bits per heavy atom. The van der Waals surface area contributed by atoms with E-state index in [1.54, 1.807) is 17.9 Å². The van der Waals surface area contributed by atoms with Gasteiger partial charge in [0.1, 0.15) is 11.6 Å². The zero-order valence-electron chi connectivity index (χ0n) is 20.1. The summed E-state index contributed by atoms with van der Waals surface area (Å²) in [7, 11) is 1.54. The Bertz CT molecular complexity index is 1570. The average Bonchev–Trinajstić information content (AvgIpc) is 3.48. The molecule has 184 valence electrons. The van der Waals surface area contributed by atoms with E-state index in [0.717, 1.165) is 11.1 Å². The number of aromatic nitrogens is 4. The molecule has 8 nitrogen and oxygen atoms in total. The van der Waals surface area contributed by atoms with E-state index in [9.17, 15) is 15.0 Å². The average molecular weight is 492 g/mol. The molecule has 0 radical (unpaired) electrons. The lowest BCUT2D eigenvalue weighted by molar-refractivity contribution is -0.132. The first-order valence-electron chi connectivity index (χ1n) is 12.2. The highest BCUT2D eigenvalue weighted by molar-refractivity contribution is 5.88. The van der Waals surface area contributed by atoms with Crippen LogP contribution in [0.2, 0.25) is 0 Å². The third-order valence-corrected chi connectivity index (χ3v) is 7.42. The highest BCUT2D eigenvalue weighted by atomic mass is 16.3. The van der Waals surface area contributed by atoms with Gasteiger partial charge in [-0.1, -0.05) is 60.5 Å². The topological polar surface area (TPSA) is 113 Å². The number of hydrogen-bond acceptors (Lipinski definition) is 6.